The fourth-order valence-electron chi connectivity index (χ4n) is 3.87. The van der Waals surface area contributed by atoms with Crippen LogP contribution in [0.1, 0.15) is 54.5 Å². The Balaban J connectivity index is 1.46. The molecule has 0 spiro atoms. The fourth-order valence-corrected chi connectivity index (χ4v) is 3.87. The molecule has 2 aliphatic rings. The lowest BCUT2D eigenvalue weighted by Gasteiger charge is -2.30. The SMILES string of the molecule is Cc1cn(C2CCCC2)c(NCC2Cc3ccccc32)n1. The monoisotopic (exact) mass is 281 g/mol. The molecule has 0 amide bonds. The van der Waals surface area contributed by atoms with Gasteiger partial charge in [-0.2, -0.15) is 0 Å². The Labute approximate surface area is 126 Å². The van der Waals surface area contributed by atoms with Gasteiger partial charge in [0.1, 0.15) is 0 Å². The van der Waals surface area contributed by atoms with E-state index >= 15 is 0 Å². The molecular formula is C18H23N3. The predicted octanol–water partition coefficient (Wildman–Crippen LogP) is 4.06. The molecule has 0 saturated heterocycles. The number of hydrogen-bond donors (Lipinski definition) is 1. The zero-order chi connectivity index (χ0) is 14.2. The van der Waals surface area contributed by atoms with Crippen molar-refractivity contribution in [1.29, 1.82) is 0 Å². The van der Waals surface area contributed by atoms with Crippen LogP contribution in [0.2, 0.25) is 0 Å². The van der Waals surface area contributed by atoms with Crippen molar-refractivity contribution in [3.63, 3.8) is 0 Å². The summed E-state index contributed by atoms with van der Waals surface area (Å²) >= 11 is 0. The Morgan fingerprint density at radius 3 is 2.86 bits per heavy atom. The maximum Gasteiger partial charge on any atom is 0.203 e. The molecule has 3 nitrogen and oxygen atoms in total. The van der Waals surface area contributed by atoms with Gasteiger partial charge in [-0.05, 0) is 37.3 Å². The van der Waals surface area contributed by atoms with Gasteiger partial charge in [0, 0.05) is 24.7 Å². The molecule has 1 fully saturated rings. The van der Waals surface area contributed by atoms with E-state index in [1.807, 2.05) is 0 Å². The second-order valence-corrected chi connectivity index (χ2v) is 6.53. The molecule has 2 aliphatic carbocycles. The number of aryl methyl sites for hydroxylation is 1. The number of nitrogens with zero attached hydrogens (tertiary/aromatic N) is 2. The average Bonchev–Trinajstić information content (AvgIpc) is 3.09. The third kappa shape index (κ3) is 2.35. The minimum atomic E-state index is 0.648. The van der Waals surface area contributed by atoms with Crippen LogP contribution in [0.15, 0.2) is 30.5 Å². The molecule has 4 rings (SSSR count). The van der Waals surface area contributed by atoms with E-state index in [0.29, 0.717) is 12.0 Å². The minimum Gasteiger partial charge on any atom is -0.355 e. The van der Waals surface area contributed by atoms with Gasteiger partial charge in [-0.1, -0.05) is 37.1 Å². The number of anilines is 1. The van der Waals surface area contributed by atoms with Crippen LogP contribution in [0.25, 0.3) is 0 Å². The summed E-state index contributed by atoms with van der Waals surface area (Å²) in [6.07, 6.45) is 8.74. The third-order valence-corrected chi connectivity index (χ3v) is 5.04. The van der Waals surface area contributed by atoms with Crippen molar-refractivity contribution >= 4 is 5.95 Å². The van der Waals surface area contributed by atoms with Gasteiger partial charge >= 0.3 is 0 Å². The first-order valence-electron chi connectivity index (χ1n) is 8.18. The van der Waals surface area contributed by atoms with Crippen LogP contribution in [0.5, 0.6) is 0 Å². The minimum absolute atomic E-state index is 0.648. The molecule has 3 heteroatoms. The Hall–Kier alpha value is -1.77. The average molecular weight is 281 g/mol. The summed E-state index contributed by atoms with van der Waals surface area (Å²) in [6.45, 7) is 3.09. The van der Waals surface area contributed by atoms with Crippen LogP contribution in [0.4, 0.5) is 5.95 Å². The zero-order valence-electron chi connectivity index (χ0n) is 12.7. The number of aromatic nitrogens is 2. The van der Waals surface area contributed by atoms with Gasteiger partial charge in [-0.15, -0.1) is 0 Å². The first-order valence-corrected chi connectivity index (χ1v) is 8.18. The van der Waals surface area contributed by atoms with Crippen molar-refractivity contribution in [1.82, 2.24) is 9.55 Å². The highest BCUT2D eigenvalue weighted by Crippen LogP contribution is 2.36. The molecule has 1 aromatic carbocycles. The lowest BCUT2D eigenvalue weighted by atomic mass is 9.78. The van der Waals surface area contributed by atoms with Crippen LogP contribution in [-0.4, -0.2) is 16.1 Å². The van der Waals surface area contributed by atoms with Crippen LogP contribution in [0, 0.1) is 6.92 Å². The Bertz CT molecular complexity index is 638. The first-order chi connectivity index (χ1) is 10.3. The van der Waals surface area contributed by atoms with Crippen molar-refractivity contribution < 1.29 is 0 Å². The highest BCUT2D eigenvalue weighted by Gasteiger charge is 2.26. The lowest BCUT2D eigenvalue weighted by molar-refractivity contribution is 0.520. The topological polar surface area (TPSA) is 29.9 Å². The summed E-state index contributed by atoms with van der Waals surface area (Å²) in [7, 11) is 0. The molecule has 1 N–H and O–H groups in total. The molecule has 21 heavy (non-hydrogen) atoms. The number of rotatable bonds is 4. The van der Waals surface area contributed by atoms with E-state index in [4.69, 9.17) is 4.98 Å². The Morgan fingerprint density at radius 2 is 2.05 bits per heavy atom. The van der Waals surface area contributed by atoms with Crippen molar-refractivity contribution in [2.45, 2.75) is 51.0 Å². The molecule has 1 heterocycles. The molecule has 110 valence electrons. The van der Waals surface area contributed by atoms with E-state index in [2.05, 4.69) is 47.3 Å². The van der Waals surface area contributed by atoms with Gasteiger partial charge in [0.2, 0.25) is 5.95 Å². The second kappa shape index (κ2) is 5.21. The third-order valence-electron chi connectivity index (χ3n) is 5.04. The van der Waals surface area contributed by atoms with Gasteiger partial charge in [-0.3, -0.25) is 0 Å². The van der Waals surface area contributed by atoms with Crippen molar-refractivity contribution in [2.75, 3.05) is 11.9 Å². The Kier molecular flexibility index (Phi) is 3.21. The van der Waals surface area contributed by atoms with E-state index < -0.39 is 0 Å². The highest BCUT2D eigenvalue weighted by atomic mass is 15.2. The molecule has 2 aromatic rings. The van der Waals surface area contributed by atoms with E-state index in [-0.39, 0.29) is 0 Å². The predicted molar refractivity (Wildman–Crippen MR) is 85.8 cm³/mol. The van der Waals surface area contributed by atoms with Crippen molar-refractivity contribution in [3.8, 4) is 0 Å². The number of benzene rings is 1. The summed E-state index contributed by atoms with van der Waals surface area (Å²) in [6, 6.07) is 9.45. The summed E-state index contributed by atoms with van der Waals surface area (Å²) in [4.78, 5) is 4.69. The number of hydrogen-bond acceptors (Lipinski definition) is 2. The number of nitrogens with one attached hydrogen (secondary N) is 1. The van der Waals surface area contributed by atoms with E-state index in [1.54, 1.807) is 0 Å². The lowest BCUT2D eigenvalue weighted by Crippen LogP contribution is -2.25. The van der Waals surface area contributed by atoms with E-state index in [0.717, 1.165) is 18.2 Å². The number of imidazole rings is 1. The Morgan fingerprint density at radius 1 is 1.24 bits per heavy atom. The molecular weight excluding hydrogens is 258 g/mol. The maximum absolute atomic E-state index is 4.69. The zero-order valence-corrected chi connectivity index (χ0v) is 12.7. The van der Waals surface area contributed by atoms with Crippen LogP contribution in [-0.2, 0) is 6.42 Å². The van der Waals surface area contributed by atoms with Crippen LogP contribution >= 0.6 is 0 Å². The van der Waals surface area contributed by atoms with Gasteiger partial charge in [-0.25, -0.2) is 4.98 Å². The standard InChI is InChI=1S/C18H23N3/c1-13-12-21(16-7-3-4-8-16)18(20-13)19-11-15-10-14-6-2-5-9-17(14)15/h2,5-6,9,12,15-16H,3-4,7-8,10-11H2,1H3,(H,19,20). The van der Waals surface area contributed by atoms with Crippen LogP contribution < -0.4 is 5.32 Å². The van der Waals surface area contributed by atoms with Gasteiger partial charge in [0.15, 0.2) is 0 Å². The molecule has 1 atom stereocenters. The summed E-state index contributed by atoms with van der Waals surface area (Å²) in [5.41, 5.74) is 4.15. The molecule has 0 aliphatic heterocycles. The largest absolute Gasteiger partial charge is 0.355 e. The summed E-state index contributed by atoms with van der Waals surface area (Å²) in [5.74, 6) is 1.72. The molecule has 0 bridgehead atoms. The van der Waals surface area contributed by atoms with Gasteiger partial charge in [0.05, 0.1) is 5.69 Å². The molecule has 1 saturated carbocycles. The summed E-state index contributed by atoms with van der Waals surface area (Å²) < 4.78 is 2.38. The van der Waals surface area contributed by atoms with Crippen LogP contribution in [0.3, 0.4) is 0 Å². The van der Waals surface area contributed by atoms with E-state index in [1.165, 1.54) is 43.2 Å². The number of fused-ring (bicyclic) bond motifs is 1. The highest BCUT2D eigenvalue weighted by molar-refractivity contribution is 5.42. The fraction of sp³-hybridized carbons (Fsp3) is 0.500. The molecule has 0 radical (unpaired) electrons. The maximum atomic E-state index is 4.69. The molecule has 1 unspecified atom stereocenters. The van der Waals surface area contributed by atoms with Crippen molar-refractivity contribution in [3.05, 3.63) is 47.3 Å². The normalized spacial score (nSPS) is 21.1. The van der Waals surface area contributed by atoms with Gasteiger partial charge in [0.25, 0.3) is 0 Å². The van der Waals surface area contributed by atoms with Crippen molar-refractivity contribution in [2.24, 2.45) is 0 Å². The smallest absolute Gasteiger partial charge is 0.203 e. The summed E-state index contributed by atoms with van der Waals surface area (Å²) in [5, 5.41) is 3.61. The second-order valence-electron chi connectivity index (χ2n) is 6.53. The quantitative estimate of drug-likeness (QED) is 0.916. The van der Waals surface area contributed by atoms with Gasteiger partial charge < -0.3 is 9.88 Å². The van der Waals surface area contributed by atoms with E-state index in [9.17, 15) is 0 Å². The first kappa shape index (κ1) is 12.9. The molecule has 1 aromatic heterocycles.